The Kier molecular flexibility index (Phi) is 5.82. The minimum Gasteiger partial charge on any atom is -0.494 e. The monoisotopic (exact) mass is 351 g/mol. The van der Waals surface area contributed by atoms with Gasteiger partial charge in [0.2, 0.25) is 0 Å². The highest BCUT2D eigenvalue weighted by Crippen LogP contribution is 2.30. The van der Waals surface area contributed by atoms with Crippen LogP contribution in [0.25, 0.3) is 0 Å². The average molecular weight is 352 g/mol. The van der Waals surface area contributed by atoms with Gasteiger partial charge in [-0.05, 0) is 54.0 Å². The van der Waals surface area contributed by atoms with Gasteiger partial charge in [-0.1, -0.05) is 19.1 Å². The Morgan fingerprint density at radius 1 is 1.33 bits per heavy atom. The minimum absolute atomic E-state index is 0.0900. The number of nitrogens with one attached hydrogen (secondary N) is 1. The molecule has 2 aromatic rings. The highest BCUT2D eigenvalue weighted by atomic mass is 79.9. The zero-order valence-electron chi connectivity index (χ0n) is 12.8. The maximum Gasteiger partial charge on any atom is 0.119 e. The first kappa shape index (κ1) is 16.0. The lowest BCUT2D eigenvalue weighted by Gasteiger charge is -2.21. The van der Waals surface area contributed by atoms with Crippen LogP contribution in [0.2, 0.25) is 0 Å². The second kappa shape index (κ2) is 7.61. The van der Waals surface area contributed by atoms with Crippen molar-refractivity contribution >= 4 is 15.9 Å². The number of rotatable bonds is 7. The van der Waals surface area contributed by atoms with Crippen molar-refractivity contribution in [3.05, 3.63) is 46.2 Å². The van der Waals surface area contributed by atoms with Gasteiger partial charge in [0.25, 0.3) is 0 Å². The summed E-state index contributed by atoms with van der Waals surface area (Å²) in [5.74, 6) is 0.900. The fourth-order valence-electron chi connectivity index (χ4n) is 2.44. The molecule has 1 N–H and O–H groups in total. The Morgan fingerprint density at radius 2 is 2.14 bits per heavy atom. The summed E-state index contributed by atoms with van der Waals surface area (Å²) in [5, 5.41) is 7.96. The van der Waals surface area contributed by atoms with Gasteiger partial charge >= 0.3 is 0 Å². The van der Waals surface area contributed by atoms with Gasteiger partial charge in [-0.3, -0.25) is 4.68 Å². The van der Waals surface area contributed by atoms with E-state index in [0.717, 1.165) is 29.0 Å². The summed E-state index contributed by atoms with van der Waals surface area (Å²) >= 11 is 3.62. The molecule has 1 aromatic heterocycles. The van der Waals surface area contributed by atoms with Gasteiger partial charge in [-0.25, -0.2) is 0 Å². The topological polar surface area (TPSA) is 39.1 Å². The van der Waals surface area contributed by atoms with Crippen LogP contribution in [0.15, 0.2) is 34.9 Å². The van der Waals surface area contributed by atoms with Crippen LogP contribution in [0.4, 0.5) is 0 Å². The molecule has 1 unspecified atom stereocenters. The van der Waals surface area contributed by atoms with E-state index in [-0.39, 0.29) is 6.04 Å². The van der Waals surface area contributed by atoms with Gasteiger partial charge in [-0.15, -0.1) is 0 Å². The van der Waals surface area contributed by atoms with Crippen molar-refractivity contribution in [2.24, 2.45) is 0 Å². The second-order valence-corrected chi connectivity index (χ2v) is 5.54. The third kappa shape index (κ3) is 3.66. The van der Waals surface area contributed by atoms with Crippen LogP contribution in [0.1, 0.15) is 38.1 Å². The second-order valence-electron chi connectivity index (χ2n) is 4.69. The Morgan fingerprint density at radius 3 is 2.81 bits per heavy atom. The lowest BCUT2D eigenvalue weighted by Crippen LogP contribution is -2.25. The third-order valence-electron chi connectivity index (χ3n) is 3.32. The number of halogens is 1. The van der Waals surface area contributed by atoms with Gasteiger partial charge in [0.05, 0.1) is 29.0 Å². The van der Waals surface area contributed by atoms with E-state index in [4.69, 9.17) is 4.74 Å². The standard InChI is InChI=1S/C16H22BrN3O/c1-4-18-15(16-14(17)11-19-20(16)5-2)12-8-7-9-13(10-12)21-6-3/h7-11,15,18H,4-6H2,1-3H3. The van der Waals surface area contributed by atoms with Crippen LogP contribution in [0.3, 0.4) is 0 Å². The molecule has 0 bridgehead atoms. The predicted octanol–water partition coefficient (Wildman–Crippen LogP) is 3.76. The van der Waals surface area contributed by atoms with E-state index >= 15 is 0 Å². The number of ether oxygens (including phenoxy) is 1. The van der Waals surface area contributed by atoms with Crippen molar-refractivity contribution in [3.8, 4) is 5.75 Å². The molecule has 0 amide bonds. The maximum absolute atomic E-state index is 5.62. The third-order valence-corrected chi connectivity index (χ3v) is 3.93. The lowest BCUT2D eigenvalue weighted by atomic mass is 10.0. The van der Waals surface area contributed by atoms with Crippen molar-refractivity contribution in [1.82, 2.24) is 15.1 Å². The Bertz CT molecular complexity index is 583. The SMILES string of the molecule is CCNC(c1cccc(OCC)c1)c1c(Br)cnn1CC. The molecular formula is C16H22BrN3O. The summed E-state index contributed by atoms with van der Waals surface area (Å²) in [4.78, 5) is 0. The Balaban J connectivity index is 2.43. The summed E-state index contributed by atoms with van der Waals surface area (Å²) < 4.78 is 8.66. The highest BCUT2D eigenvalue weighted by molar-refractivity contribution is 9.10. The molecule has 0 aliphatic carbocycles. The molecular weight excluding hydrogens is 330 g/mol. The molecule has 0 aliphatic heterocycles. The number of aryl methyl sites for hydroxylation is 1. The van der Waals surface area contributed by atoms with Crippen LogP contribution in [0.5, 0.6) is 5.75 Å². The van der Waals surface area contributed by atoms with Gasteiger partial charge in [0.1, 0.15) is 5.75 Å². The van der Waals surface area contributed by atoms with Crippen molar-refractivity contribution in [2.75, 3.05) is 13.2 Å². The molecule has 1 aromatic carbocycles. The Labute approximate surface area is 134 Å². The number of nitrogens with zero attached hydrogens (tertiary/aromatic N) is 2. The van der Waals surface area contributed by atoms with Crippen molar-refractivity contribution in [1.29, 1.82) is 0 Å². The molecule has 0 fully saturated rings. The van der Waals surface area contributed by atoms with Gasteiger partial charge in [-0.2, -0.15) is 5.10 Å². The van der Waals surface area contributed by atoms with Gasteiger partial charge < -0.3 is 10.1 Å². The molecule has 5 heteroatoms. The number of hydrogen-bond acceptors (Lipinski definition) is 3. The molecule has 2 rings (SSSR count). The average Bonchev–Trinajstić information content (AvgIpc) is 2.86. The number of aromatic nitrogens is 2. The zero-order valence-corrected chi connectivity index (χ0v) is 14.4. The van der Waals surface area contributed by atoms with E-state index < -0.39 is 0 Å². The summed E-state index contributed by atoms with van der Waals surface area (Å²) in [6.45, 7) is 8.60. The van der Waals surface area contributed by atoms with E-state index in [1.807, 2.05) is 29.9 Å². The molecule has 0 saturated heterocycles. The first-order valence-electron chi connectivity index (χ1n) is 7.38. The summed E-state index contributed by atoms with van der Waals surface area (Å²) in [5.41, 5.74) is 2.33. The van der Waals surface area contributed by atoms with Gasteiger partial charge in [0.15, 0.2) is 0 Å². The van der Waals surface area contributed by atoms with Crippen LogP contribution < -0.4 is 10.1 Å². The predicted molar refractivity (Wildman–Crippen MR) is 88.7 cm³/mol. The quantitative estimate of drug-likeness (QED) is 0.825. The summed E-state index contributed by atoms with van der Waals surface area (Å²) in [6, 6.07) is 8.33. The van der Waals surface area contributed by atoms with Crippen molar-refractivity contribution in [2.45, 2.75) is 33.4 Å². The molecule has 0 aliphatic rings. The summed E-state index contributed by atoms with van der Waals surface area (Å²) in [6.07, 6.45) is 1.86. The fourth-order valence-corrected chi connectivity index (χ4v) is 2.96. The van der Waals surface area contributed by atoms with E-state index in [1.54, 1.807) is 0 Å². The summed E-state index contributed by atoms with van der Waals surface area (Å²) in [7, 11) is 0. The first-order chi connectivity index (χ1) is 10.2. The number of hydrogen-bond donors (Lipinski definition) is 1. The maximum atomic E-state index is 5.62. The number of benzene rings is 1. The molecule has 1 heterocycles. The largest absolute Gasteiger partial charge is 0.494 e. The van der Waals surface area contributed by atoms with Crippen LogP contribution in [-0.4, -0.2) is 22.9 Å². The van der Waals surface area contributed by atoms with Crippen LogP contribution in [-0.2, 0) is 6.54 Å². The van der Waals surface area contributed by atoms with Gasteiger partial charge in [0, 0.05) is 6.54 Å². The molecule has 0 spiro atoms. The fraction of sp³-hybridized carbons (Fsp3) is 0.438. The van der Waals surface area contributed by atoms with Crippen molar-refractivity contribution < 1.29 is 4.74 Å². The van der Waals surface area contributed by atoms with Crippen LogP contribution >= 0.6 is 15.9 Å². The smallest absolute Gasteiger partial charge is 0.119 e. The normalized spacial score (nSPS) is 12.4. The minimum atomic E-state index is 0.0900. The highest BCUT2D eigenvalue weighted by Gasteiger charge is 2.21. The molecule has 114 valence electrons. The van der Waals surface area contributed by atoms with E-state index in [1.165, 1.54) is 5.56 Å². The van der Waals surface area contributed by atoms with E-state index in [0.29, 0.717) is 6.61 Å². The molecule has 0 saturated carbocycles. The van der Waals surface area contributed by atoms with E-state index in [9.17, 15) is 0 Å². The van der Waals surface area contributed by atoms with Crippen LogP contribution in [0, 0.1) is 0 Å². The van der Waals surface area contributed by atoms with Crippen molar-refractivity contribution in [3.63, 3.8) is 0 Å². The lowest BCUT2D eigenvalue weighted by molar-refractivity contribution is 0.339. The first-order valence-corrected chi connectivity index (χ1v) is 8.17. The Hall–Kier alpha value is -1.33. The van der Waals surface area contributed by atoms with E-state index in [2.05, 4.69) is 52.3 Å². The molecule has 4 nitrogen and oxygen atoms in total. The molecule has 21 heavy (non-hydrogen) atoms. The molecule has 0 radical (unpaired) electrons. The molecule has 1 atom stereocenters. The zero-order chi connectivity index (χ0) is 15.2.